The highest BCUT2D eigenvalue weighted by molar-refractivity contribution is 7.20. The number of carbonyl (C=O) groups is 1. The molecule has 112 valence electrons. The van der Waals surface area contributed by atoms with E-state index in [0.29, 0.717) is 0 Å². The Bertz CT molecular complexity index is 684. The maximum Gasteiger partial charge on any atom is 0.264 e. The van der Waals surface area contributed by atoms with E-state index < -0.39 is 0 Å². The van der Waals surface area contributed by atoms with E-state index in [0.717, 1.165) is 58.1 Å². The Hall–Kier alpha value is -1.49. The molecule has 3 rings (SSSR count). The van der Waals surface area contributed by atoms with Gasteiger partial charge in [0, 0.05) is 24.2 Å². The van der Waals surface area contributed by atoms with E-state index in [1.807, 2.05) is 25.7 Å². The van der Waals surface area contributed by atoms with Crippen LogP contribution in [0.4, 0.5) is 0 Å². The molecular formula is C16H21N3OS. The number of hydrogen-bond acceptors (Lipinski definition) is 4. The Labute approximate surface area is 129 Å². The van der Waals surface area contributed by atoms with Crippen molar-refractivity contribution in [1.82, 2.24) is 14.9 Å². The number of likely N-dealkylation sites (tertiary alicyclic amines) is 1. The summed E-state index contributed by atoms with van der Waals surface area (Å²) in [5.74, 6) is 0.949. The van der Waals surface area contributed by atoms with E-state index in [9.17, 15) is 4.79 Å². The van der Waals surface area contributed by atoms with E-state index in [-0.39, 0.29) is 5.91 Å². The number of nitrogens with zero attached hydrogens (tertiary/aromatic N) is 3. The first-order chi connectivity index (χ1) is 10.1. The first kappa shape index (κ1) is 14.4. The first-order valence-corrected chi connectivity index (χ1v) is 8.43. The van der Waals surface area contributed by atoms with Gasteiger partial charge in [0.05, 0.1) is 4.88 Å². The first-order valence-electron chi connectivity index (χ1n) is 7.61. The number of carbonyl (C=O) groups excluding carboxylic acids is 1. The number of fused-ring (bicyclic) bond motifs is 1. The summed E-state index contributed by atoms with van der Waals surface area (Å²) >= 11 is 1.52. The van der Waals surface area contributed by atoms with Gasteiger partial charge in [0.1, 0.15) is 10.7 Å². The van der Waals surface area contributed by atoms with Crippen LogP contribution in [0.25, 0.3) is 10.2 Å². The zero-order chi connectivity index (χ0) is 15.0. The van der Waals surface area contributed by atoms with E-state index in [1.165, 1.54) is 24.2 Å². The summed E-state index contributed by atoms with van der Waals surface area (Å²) < 4.78 is 0. The number of rotatable bonds is 1. The molecule has 5 heteroatoms. The Morgan fingerprint density at radius 3 is 2.38 bits per heavy atom. The largest absolute Gasteiger partial charge is 0.338 e. The molecule has 0 bridgehead atoms. The monoisotopic (exact) mass is 303 g/mol. The second-order valence-electron chi connectivity index (χ2n) is 5.80. The van der Waals surface area contributed by atoms with Crippen molar-refractivity contribution in [3.8, 4) is 0 Å². The summed E-state index contributed by atoms with van der Waals surface area (Å²) in [4.78, 5) is 25.6. The van der Waals surface area contributed by atoms with E-state index in [4.69, 9.17) is 0 Å². The smallest absolute Gasteiger partial charge is 0.264 e. The molecule has 0 aromatic carbocycles. The van der Waals surface area contributed by atoms with Gasteiger partial charge in [0.25, 0.3) is 5.91 Å². The lowest BCUT2D eigenvalue weighted by molar-refractivity contribution is 0.0766. The second kappa shape index (κ2) is 5.72. The van der Waals surface area contributed by atoms with E-state index >= 15 is 0 Å². The predicted molar refractivity (Wildman–Crippen MR) is 86.0 cm³/mol. The van der Waals surface area contributed by atoms with E-state index in [1.54, 1.807) is 0 Å². The summed E-state index contributed by atoms with van der Waals surface area (Å²) in [7, 11) is 0. The minimum Gasteiger partial charge on any atom is -0.338 e. The number of thiophene rings is 1. The molecule has 3 heterocycles. The minimum absolute atomic E-state index is 0.175. The third-order valence-corrected chi connectivity index (χ3v) is 5.34. The molecule has 2 aromatic heterocycles. The van der Waals surface area contributed by atoms with Crippen molar-refractivity contribution in [3.05, 3.63) is 22.0 Å². The van der Waals surface area contributed by atoms with Crippen molar-refractivity contribution >= 4 is 27.5 Å². The topological polar surface area (TPSA) is 46.1 Å². The van der Waals surface area contributed by atoms with Crippen LogP contribution in [0.5, 0.6) is 0 Å². The zero-order valence-corrected chi connectivity index (χ0v) is 13.7. The molecule has 2 aromatic rings. The molecule has 1 fully saturated rings. The van der Waals surface area contributed by atoms with Gasteiger partial charge in [0.15, 0.2) is 0 Å². The van der Waals surface area contributed by atoms with Crippen molar-refractivity contribution in [2.45, 2.75) is 46.5 Å². The third kappa shape index (κ3) is 2.67. The maximum absolute atomic E-state index is 12.8. The SMILES string of the molecule is Cc1nc(C)c2c(C)c(C(=O)N3CCCCCC3)sc2n1. The van der Waals surface area contributed by atoms with Gasteiger partial charge in [0.2, 0.25) is 0 Å². The van der Waals surface area contributed by atoms with Gasteiger partial charge in [-0.2, -0.15) is 0 Å². The van der Waals surface area contributed by atoms with Gasteiger partial charge in [-0.25, -0.2) is 9.97 Å². The molecular weight excluding hydrogens is 282 g/mol. The molecule has 1 aliphatic heterocycles. The Morgan fingerprint density at radius 2 is 1.71 bits per heavy atom. The van der Waals surface area contributed by atoms with Gasteiger partial charge < -0.3 is 4.90 Å². The summed E-state index contributed by atoms with van der Waals surface area (Å²) in [5, 5.41) is 1.06. The highest BCUT2D eigenvalue weighted by Crippen LogP contribution is 2.32. The average molecular weight is 303 g/mol. The molecule has 21 heavy (non-hydrogen) atoms. The molecule has 0 atom stereocenters. The number of aromatic nitrogens is 2. The molecule has 4 nitrogen and oxygen atoms in total. The van der Waals surface area contributed by atoms with Crippen LogP contribution < -0.4 is 0 Å². The second-order valence-corrected chi connectivity index (χ2v) is 6.80. The fourth-order valence-electron chi connectivity index (χ4n) is 3.10. The highest BCUT2D eigenvalue weighted by atomic mass is 32.1. The van der Waals surface area contributed by atoms with Gasteiger partial charge in [-0.05, 0) is 39.2 Å². The molecule has 1 saturated heterocycles. The van der Waals surface area contributed by atoms with Crippen LogP contribution in [0.1, 0.15) is 52.4 Å². The zero-order valence-electron chi connectivity index (χ0n) is 12.9. The molecule has 0 saturated carbocycles. The fraction of sp³-hybridized carbons (Fsp3) is 0.562. The molecule has 1 amide bonds. The van der Waals surface area contributed by atoms with Crippen LogP contribution in [-0.4, -0.2) is 33.9 Å². The lowest BCUT2D eigenvalue weighted by atomic mass is 10.1. The van der Waals surface area contributed by atoms with Crippen LogP contribution in [0.3, 0.4) is 0 Å². The lowest BCUT2D eigenvalue weighted by Gasteiger charge is -2.19. The Kier molecular flexibility index (Phi) is 3.93. The van der Waals surface area contributed by atoms with Crippen molar-refractivity contribution < 1.29 is 4.79 Å². The quantitative estimate of drug-likeness (QED) is 0.808. The third-order valence-electron chi connectivity index (χ3n) is 4.17. The van der Waals surface area contributed by atoms with Crippen LogP contribution in [0.2, 0.25) is 0 Å². The summed E-state index contributed by atoms with van der Waals surface area (Å²) in [6.45, 7) is 7.69. The van der Waals surface area contributed by atoms with Gasteiger partial charge in [-0.15, -0.1) is 11.3 Å². The average Bonchev–Trinajstić information content (AvgIpc) is 2.64. The fourth-order valence-corrected chi connectivity index (χ4v) is 4.34. The van der Waals surface area contributed by atoms with E-state index in [2.05, 4.69) is 9.97 Å². The van der Waals surface area contributed by atoms with Crippen molar-refractivity contribution in [2.24, 2.45) is 0 Å². The van der Waals surface area contributed by atoms with Crippen LogP contribution in [0, 0.1) is 20.8 Å². The standard InChI is InChI=1S/C16H21N3OS/c1-10-13-11(2)17-12(3)18-15(13)21-14(10)16(20)19-8-6-4-5-7-9-19/h4-9H2,1-3H3. The molecule has 0 aliphatic carbocycles. The lowest BCUT2D eigenvalue weighted by Crippen LogP contribution is -2.31. The molecule has 0 unspecified atom stereocenters. The van der Waals surface area contributed by atoms with Crippen molar-refractivity contribution in [2.75, 3.05) is 13.1 Å². The molecule has 0 radical (unpaired) electrons. The van der Waals surface area contributed by atoms with Crippen molar-refractivity contribution in [3.63, 3.8) is 0 Å². The normalized spacial score (nSPS) is 16.2. The molecule has 0 N–H and O–H groups in total. The molecule has 0 spiro atoms. The van der Waals surface area contributed by atoms with Crippen LogP contribution in [0.15, 0.2) is 0 Å². The highest BCUT2D eigenvalue weighted by Gasteiger charge is 2.23. The minimum atomic E-state index is 0.175. The number of amides is 1. The summed E-state index contributed by atoms with van der Waals surface area (Å²) in [6, 6.07) is 0. The number of hydrogen-bond donors (Lipinski definition) is 0. The van der Waals surface area contributed by atoms with Gasteiger partial charge in [-0.3, -0.25) is 4.79 Å². The Morgan fingerprint density at radius 1 is 1.05 bits per heavy atom. The summed E-state index contributed by atoms with van der Waals surface area (Å²) in [6.07, 6.45) is 4.71. The molecule has 1 aliphatic rings. The van der Waals surface area contributed by atoms with Crippen LogP contribution >= 0.6 is 11.3 Å². The summed E-state index contributed by atoms with van der Waals surface area (Å²) in [5.41, 5.74) is 2.02. The predicted octanol–water partition coefficient (Wildman–Crippen LogP) is 3.63. The number of aryl methyl sites for hydroxylation is 3. The van der Waals surface area contributed by atoms with Gasteiger partial charge in [-0.1, -0.05) is 12.8 Å². The van der Waals surface area contributed by atoms with Crippen LogP contribution in [-0.2, 0) is 0 Å². The van der Waals surface area contributed by atoms with Crippen molar-refractivity contribution in [1.29, 1.82) is 0 Å². The maximum atomic E-state index is 12.8. The van der Waals surface area contributed by atoms with Gasteiger partial charge >= 0.3 is 0 Å². The Balaban J connectivity index is 2.01.